The Bertz CT molecular complexity index is 941. The fourth-order valence-electron chi connectivity index (χ4n) is 2.01. The highest BCUT2D eigenvalue weighted by molar-refractivity contribution is 8.14. The average Bonchev–Trinajstić information content (AvgIpc) is 3.10. The van der Waals surface area contributed by atoms with Gasteiger partial charge in [-0.3, -0.25) is 14.9 Å². The maximum absolute atomic E-state index is 12.2. The molecule has 0 amide bonds. The molecule has 0 fully saturated rings. The van der Waals surface area contributed by atoms with Gasteiger partial charge in [0.05, 0.1) is 12.0 Å². The van der Waals surface area contributed by atoms with Crippen LogP contribution in [0.4, 0.5) is 5.69 Å². The maximum Gasteiger partial charge on any atom is 0.284 e. The summed E-state index contributed by atoms with van der Waals surface area (Å²) in [6, 6.07) is 12.5. The average molecular weight is 357 g/mol. The number of nitro benzene ring substituents is 1. The number of methoxy groups -OCH3 is 1. The number of benzene rings is 2. The molecule has 0 saturated heterocycles. The van der Waals surface area contributed by atoms with Gasteiger partial charge in [-0.2, -0.15) is 0 Å². The van der Waals surface area contributed by atoms with E-state index in [1.54, 1.807) is 31.4 Å². The van der Waals surface area contributed by atoms with E-state index in [1.165, 1.54) is 24.3 Å². The lowest BCUT2D eigenvalue weighted by molar-refractivity contribution is -0.384. The van der Waals surface area contributed by atoms with E-state index in [0.717, 1.165) is 0 Å². The fraction of sp³-hybridized carbons (Fsp3) is 0.0625. The van der Waals surface area contributed by atoms with Crippen LogP contribution in [0.25, 0.3) is 11.5 Å². The van der Waals surface area contributed by atoms with E-state index in [-0.39, 0.29) is 22.4 Å². The van der Waals surface area contributed by atoms with Crippen LogP contribution in [-0.2, 0) is 0 Å². The number of ether oxygens (including phenoxy) is 1. The third-order valence-corrected chi connectivity index (χ3v) is 3.96. The lowest BCUT2D eigenvalue weighted by atomic mass is 10.2. The van der Waals surface area contributed by atoms with Crippen LogP contribution in [0.5, 0.6) is 5.75 Å². The molecule has 0 atom stereocenters. The lowest BCUT2D eigenvalue weighted by Crippen LogP contribution is -1.95. The Balaban J connectivity index is 1.78. The zero-order chi connectivity index (χ0) is 17.8. The van der Waals surface area contributed by atoms with Crippen LogP contribution in [0.3, 0.4) is 0 Å². The Labute approximate surface area is 146 Å². The molecular formula is C16H11N3O5S. The molecule has 2 aromatic carbocycles. The van der Waals surface area contributed by atoms with E-state index < -0.39 is 10.0 Å². The smallest absolute Gasteiger partial charge is 0.284 e. The molecule has 126 valence electrons. The zero-order valence-corrected chi connectivity index (χ0v) is 13.7. The summed E-state index contributed by atoms with van der Waals surface area (Å²) in [6.45, 7) is 0. The first-order chi connectivity index (χ1) is 12.1. The summed E-state index contributed by atoms with van der Waals surface area (Å²) in [6.07, 6.45) is 0. The zero-order valence-electron chi connectivity index (χ0n) is 12.9. The quantitative estimate of drug-likeness (QED) is 0.387. The van der Waals surface area contributed by atoms with Crippen LogP contribution >= 0.6 is 11.8 Å². The van der Waals surface area contributed by atoms with Gasteiger partial charge in [-0.25, -0.2) is 0 Å². The monoisotopic (exact) mass is 357 g/mol. The second-order valence-electron chi connectivity index (χ2n) is 4.80. The second kappa shape index (κ2) is 7.14. The minimum Gasteiger partial charge on any atom is -0.497 e. The van der Waals surface area contributed by atoms with E-state index in [0.29, 0.717) is 23.1 Å². The third-order valence-electron chi connectivity index (χ3n) is 3.20. The molecule has 3 rings (SSSR count). The molecule has 1 heterocycles. The van der Waals surface area contributed by atoms with E-state index in [4.69, 9.17) is 9.15 Å². The summed E-state index contributed by atoms with van der Waals surface area (Å²) in [5, 5.41) is 18.1. The number of rotatable bonds is 5. The first-order valence-electron chi connectivity index (χ1n) is 7.01. The summed E-state index contributed by atoms with van der Waals surface area (Å²) in [5.41, 5.74) is 0.677. The standard InChI is InChI=1S/C16H11N3O5S/c1-23-13-7-3-4-10(9-13)14-17-18-16(24-14)25-15(20)11-5-2-6-12(8-11)19(21)22/h2-9H,1H3. The van der Waals surface area contributed by atoms with Crippen molar-refractivity contribution in [2.24, 2.45) is 0 Å². The number of non-ortho nitro benzene ring substituents is 1. The molecule has 0 spiro atoms. The van der Waals surface area contributed by atoms with Crippen molar-refractivity contribution in [3.8, 4) is 17.2 Å². The van der Waals surface area contributed by atoms with Crippen LogP contribution in [0.2, 0.25) is 0 Å². The predicted octanol–water partition coefficient (Wildman–Crippen LogP) is 3.59. The molecule has 9 heteroatoms. The Morgan fingerprint density at radius 3 is 2.76 bits per heavy atom. The molecule has 0 aliphatic rings. The van der Waals surface area contributed by atoms with Crippen LogP contribution in [0.1, 0.15) is 10.4 Å². The Morgan fingerprint density at radius 1 is 1.20 bits per heavy atom. The predicted molar refractivity (Wildman–Crippen MR) is 89.6 cm³/mol. The van der Waals surface area contributed by atoms with Gasteiger partial charge in [0.15, 0.2) is 0 Å². The van der Waals surface area contributed by atoms with Crippen molar-refractivity contribution in [3.05, 3.63) is 64.2 Å². The van der Waals surface area contributed by atoms with Gasteiger partial charge in [0.1, 0.15) is 5.75 Å². The molecule has 1 aromatic heterocycles. The number of carbonyl (C=O) groups excluding carboxylic acids is 1. The number of hydrogen-bond donors (Lipinski definition) is 0. The van der Waals surface area contributed by atoms with Crippen LogP contribution in [0, 0.1) is 10.1 Å². The van der Waals surface area contributed by atoms with E-state index >= 15 is 0 Å². The van der Waals surface area contributed by atoms with Gasteiger partial charge in [-0.1, -0.05) is 12.1 Å². The summed E-state index contributed by atoms with van der Waals surface area (Å²) >= 11 is 0.710. The molecule has 8 nitrogen and oxygen atoms in total. The molecule has 0 aliphatic carbocycles. The van der Waals surface area contributed by atoms with Gasteiger partial charge >= 0.3 is 0 Å². The molecule has 0 unspecified atom stereocenters. The SMILES string of the molecule is COc1cccc(-c2nnc(SC(=O)c3cccc([N+](=O)[O-])c3)o2)c1. The van der Waals surface area contributed by atoms with Crippen LogP contribution in [0.15, 0.2) is 58.2 Å². The summed E-state index contributed by atoms with van der Waals surface area (Å²) < 4.78 is 10.6. The second-order valence-corrected chi connectivity index (χ2v) is 5.73. The van der Waals surface area contributed by atoms with Gasteiger partial charge in [0, 0.05) is 35.0 Å². The Hall–Kier alpha value is -3.20. The number of thioether (sulfide) groups is 1. The highest BCUT2D eigenvalue weighted by atomic mass is 32.2. The van der Waals surface area contributed by atoms with Crippen molar-refractivity contribution in [2.75, 3.05) is 7.11 Å². The summed E-state index contributed by atoms with van der Waals surface area (Å²) in [4.78, 5) is 22.5. The minimum atomic E-state index is -0.560. The minimum absolute atomic E-state index is 0.0503. The van der Waals surface area contributed by atoms with E-state index in [1.807, 2.05) is 0 Å². The van der Waals surface area contributed by atoms with E-state index in [9.17, 15) is 14.9 Å². The van der Waals surface area contributed by atoms with Crippen molar-refractivity contribution in [2.45, 2.75) is 5.22 Å². The Kier molecular flexibility index (Phi) is 4.75. The topological polar surface area (TPSA) is 108 Å². The Morgan fingerprint density at radius 2 is 2.00 bits per heavy atom. The van der Waals surface area contributed by atoms with Crippen LogP contribution in [-0.4, -0.2) is 27.3 Å². The highest BCUT2D eigenvalue weighted by Crippen LogP contribution is 2.28. The number of carbonyl (C=O) groups is 1. The lowest BCUT2D eigenvalue weighted by Gasteiger charge is -2.00. The van der Waals surface area contributed by atoms with Gasteiger partial charge in [0.25, 0.3) is 10.9 Å². The summed E-state index contributed by atoms with van der Waals surface area (Å²) in [7, 11) is 1.55. The van der Waals surface area contributed by atoms with Gasteiger partial charge in [0.2, 0.25) is 11.0 Å². The molecule has 0 aliphatic heterocycles. The molecule has 0 N–H and O–H groups in total. The largest absolute Gasteiger partial charge is 0.497 e. The highest BCUT2D eigenvalue weighted by Gasteiger charge is 2.17. The molecule has 3 aromatic rings. The molecule has 25 heavy (non-hydrogen) atoms. The summed E-state index contributed by atoms with van der Waals surface area (Å²) in [5.74, 6) is 0.880. The molecular weight excluding hydrogens is 346 g/mol. The number of nitro groups is 1. The van der Waals surface area contributed by atoms with Crippen molar-refractivity contribution in [3.63, 3.8) is 0 Å². The van der Waals surface area contributed by atoms with Gasteiger partial charge in [-0.05, 0) is 24.3 Å². The van der Waals surface area contributed by atoms with Crippen molar-refractivity contribution in [1.29, 1.82) is 0 Å². The normalized spacial score (nSPS) is 10.4. The first-order valence-corrected chi connectivity index (χ1v) is 7.83. The molecule has 0 bridgehead atoms. The van der Waals surface area contributed by atoms with E-state index in [2.05, 4.69) is 10.2 Å². The van der Waals surface area contributed by atoms with Crippen LogP contribution < -0.4 is 4.74 Å². The first kappa shape index (κ1) is 16.7. The van der Waals surface area contributed by atoms with Gasteiger partial charge < -0.3 is 9.15 Å². The van der Waals surface area contributed by atoms with Gasteiger partial charge in [-0.15, -0.1) is 10.2 Å². The number of hydrogen-bond acceptors (Lipinski definition) is 8. The third kappa shape index (κ3) is 3.83. The molecule has 0 radical (unpaired) electrons. The van der Waals surface area contributed by atoms with Crippen molar-refractivity contribution < 1.29 is 18.9 Å². The fourth-order valence-corrected chi connectivity index (χ4v) is 2.61. The van der Waals surface area contributed by atoms with Crippen molar-refractivity contribution in [1.82, 2.24) is 10.2 Å². The number of aromatic nitrogens is 2. The maximum atomic E-state index is 12.2. The number of nitrogens with zero attached hydrogens (tertiary/aromatic N) is 3. The van der Waals surface area contributed by atoms with Crippen molar-refractivity contribution >= 4 is 22.6 Å². The molecule has 0 saturated carbocycles.